The molecule has 33 heavy (non-hydrogen) atoms. The summed E-state index contributed by atoms with van der Waals surface area (Å²) in [5.41, 5.74) is 1.52. The molecule has 1 aliphatic carbocycles. The van der Waals surface area contributed by atoms with E-state index in [9.17, 15) is 14.4 Å². The zero-order chi connectivity index (χ0) is 22.5. The summed E-state index contributed by atoms with van der Waals surface area (Å²) in [6.45, 7) is 4.53. The number of piperidine rings is 1. The Morgan fingerprint density at radius 3 is 2.58 bits per heavy atom. The summed E-state index contributed by atoms with van der Waals surface area (Å²) in [5, 5.41) is 2.35. The Hall–Kier alpha value is -2.45. The van der Waals surface area contributed by atoms with Gasteiger partial charge in [0.15, 0.2) is 0 Å². The third-order valence-electron chi connectivity index (χ3n) is 8.19. The molecule has 1 aromatic rings. The Balaban J connectivity index is 1.12. The molecule has 8 nitrogen and oxygen atoms in total. The number of carbonyl (C=O) groups is 3. The molecule has 1 saturated carbocycles. The number of imide groups is 1. The molecule has 8 heteroatoms. The number of likely N-dealkylation sites (tertiary alicyclic amines) is 1. The van der Waals surface area contributed by atoms with E-state index in [0.29, 0.717) is 24.6 Å². The van der Waals surface area contributed by atoms with Crippen molar-refractivity contribution in [3.63, 3.8) is 0 Å². The highest BCUT2D eigenvalue weighted by Gasteiger charge is 2.43. The molecule has 0 bridgehead atoms. The Labute approximate surface area is 193 Å². The fourth-order valence-corrected chi connectivity index (χ4v) is 6.08. The van der Waals surface area contributed by atoms with Gasteiger partial charge in [-0.1, -0.05) is 6.42 Å². The average molecular weight is 454 g/mol. The molecule has 0 aromatic heterocycles. The van der Waals surface area contributed by atoms with Gasteiger partial charge < -0.3 is 14.4 Å². The lowest BCUT2D eigenvalue weighted by Gasteiger charge is -2.52. The molecule has 4 aliphatic heterocycles. The van der Waals surface area contributed by atoms with Crippen molar-refractivity contribution in [2.45, 2.75) is 63.3 Å². The molecule has 0 radical (unpaired) electrons. The highest BCUT2D eigenvalue weighted by Crippen LogP contribution is 2.37. The molecular formula is C25H31N3O5. The summed E-state index contributed by atoms with van der Waals surface area (Å²) in [7, 11) is 0. The van der Waals surface area contributed by atoms with Gasteiger partial charge >= 0.3 is 0 Å². The summed E-state index contributed by atoms with van der Waals surface area (Å²) in [5.74, 6) is 1.51. The van der Waals surface area contributed by atoms with Crippen LogP contribution >= 0.6 is 0 Å². The van der Waals surface area contributed by atoms with Crippen molar-refractivity contribution in [3.05, 3.63) is 29.3 Å². The van der Waals surface area contributed by atoms with Crippen molar-refractivity contribution >= 4 is 17.7 Å². The number of nitrogens with zero attached hydrogens (tertiary/aromatic N) is 2. The van der Waals surface area contributed by atoms with E-state index in [-0.39, 0.29) is 30.2 Å². The minimum absolute atomic E-state index is 0.145. The predicted molar refractivity (Wildman–Crippen MR) is 119 cm³/mol. The second-order valence-electron chi connectivity index (χ2n) is 10.2. The van der Waals surface area contributed by atoms with E-state index in [1.54, 1.807) is 4.90 Å². The Morgan fingerprint density at radius 1 is 1.00 bits per heavy atom. The first-order valence-corrected chi connectivity index (χ1v) is 12.3. The lowest BCUT2D eigenvalue weighted by atomic mass is 9.80. The van der Waals surface area contributed by atoms with Gasteiger partial charge in [-0.3, -0.25) is 24.6 Å². The number of ether oxygens (including phenoxy) is 2. The second-order valence-corrected chi connectivity index (χ2v) is 10.2. The Bertz CT molecular complexity index is 971. The molecule has 3 saturated heterocycles. The number of fused-ring (bicyclic) bond motifs is 1. The lowest BCUT2D eigenvalue weighted by molar-refractivity contribution is -0.136. The first kappa shape index (κ1) is 21.1. The largest absolute Gasteiger partial charge is 0.489 e. The third-order valence-corrected chi connectivity index (χ3v) is 8.19. The van der Waals surface area contributed by atoms with Crippen LogP contribution in [0.3, 0.4) is 0 Å². The first-order chi connectivity index (χ1) is 16.1. The van der Waals surface area contributed by atoms with Gasteiger partial charge in [0.1, 0.15) is 17.9 Å². The van der Waals surface area contributed by atoms with Crippen LogP contribution in [0.2, 0.25) is 0 Å². The second kappa shape index (κ2) is 8.40. The van der Waals surface area contributed by atoms with Crippen LogP contribution in [0.15, 0.2) is 18.2 Å². The van der Waals surface area contributed by atoms with E-state index < -0.39 is 6.04 Å². The summed E-state index contributed by atoms with van der Waals surface area (Å²) < 4.78 is 11.9. The van der Waals surface area contributed by atoms with Gasteiger partial charge in [0.25, 0.3) is 5.91 Å². The van der Waals surface area contributed by atoms with E-state index in [2.05, 4.69) is 10.2 Å². The van der Waals surface area contributed by atoms with E-state index in [1.165, 1.54) is 19.3 Å². The maximum Gasteiger partial charge on any atom is 0.255 e. The molecular weight excluding hydrogens is 422 g/mol. The average Bonchev–Trinajstić information content (AvgIpc) is 3.05. The van der Waals surface area contributed by atoms with Gasteiger partial charge in [-0.2, -0.15) is 0 Å². The maximum atomic E-state index is 12.9. The van der Waals surface area contributed by atoms with Gasteiger partial charge in [-0.05, 0) is 55.4 Å². The van der Waals surface area contributed by atoms with Crippen LogP contribution < -0.4 is 10.1 Å². The van der Waals surface area contributed by atoms with Crippen LogP contribution in [0.25, 0.3) is 0 Å². The Kier molecular flexibility index (Phi) is 5.37. The van der Waals surface area contributed by atoms with Crippen molar-refractivity contribution in [1.82, 2.24) is 15.1 Å². The number of benzene rings is 1. The number of rotatable bonds is 5. The van der Waals surface area contributed by atoms with Crippen molar-refractivity contribution in [2.24, 2.45) is 11.8 Å². The van der Waals surface area contributed by atoms with Crippen molar-refractivity contribution in [1.29, 1.82) is 0 Å². The zero-order valence-corrected chi connectivity index (χ0v) is 18.8. The van der Waals surface area contributed by atoms with E-state index in [4.69, 9.17) is 9.47 Å². The predicted octanol–water partition coefficient (Wildman–Crippen LogP) is 1.72. The molecule has 1 aromatic carbocycles. The summed E-state index contributed by atoms with van der Waals surface area (Å²) in [6.07, 6.45) is 5.46. The highest BCUT2D eigenvalue weighted by molar-refractivity contribution is 6.05. The monoisotopic (exact) mass is 453 g/mol. The van der Waals surface area contributed by atoms with Crippen LogP contribution in [0.1, 0.15) is 54.4 Å². The fraction of sp³-hybridized carbons (Fsp3) is 0.640. The smallest absolute Gasteiger partial charge is 0.255 e. The van der Waals surface area contributed by atoms with Gasteiger partial charge in [0.2, 0.25) is 11.8 Å². The number of hydrogen-bond acceptors (Lipinski definition) is 6. The number of amides is 3. The molecule has 1 N–H and O–H groups in total. The molecule has 4 heterocycles. The standard InChI is InChI=1S/C25H31N3O5/c29-23-8-7-21(24(30)26-23)28-12-15-9-18(5-6-19(15)25(28)31)33-22-4-2-1-3-20(22)27-10-16(11-27)17-13-32-14-17/h5-6,9,16-17,20-22H,1-4,7-8,10-14H2,(H,26,29,30)/t20-,21?,22-/m0/s1. The van der Waals surface area contributed by atoms with Crippen LogP contribution in [0.5, 0.6) is 5.75 Å². The first-order valence-electron chi connectivity index (χ1n) is 12.3. The molecule has 0 spiro atoms. The molecule has 5 aliphatic rings. The minimum Gasteiger partial charge on any atom is -0.489 e. The van der Waals surface area contributed by atoms with E-state index in [0.717, 1.165) is 55.9 Å². The molecule has 3 atom stereocenters. The SMILES string of the molecule is O=C1CCC(N2Cc3cc(O[C@H]4CCCC[C@@H]4N4CC(C5COC5)C4)ccc3C2=O)C(=O)N1. The molecule has 176 valence electrons. The van der Waals surface area contributed by atoms with Crippen molar-refractivity contribution in [2.75, 3.05) is 26.3 Å². The molecule has 1 unspecified atom stereocenters. The molecule has 6 rings (SSSR count). The van der Waals surface area contributed by atoms with E-state index in [1.807, 2.05) is 18.2 Å². The summed E-state index contributed by atoms with van der Waals surface area (Å²) in [4.78, 5) is 40.9. The van der Waals surface area contributed by atoms with Gasteiger partial charge in [0, 0.05) is 43.6 Å². The number of carbonyl (C=O) groups excluding carboxylic acids is 3. The fourth-order valence-electron chi connectivity index (χ4n) is 6.08. The van der Waals surface area contributed by atoms with E-state index >= 15 is 0 Å². The quantitative estimate of drug-likeness (QED) is 0.683. The van der Waals surface area contributed by atoms with Gasteiger partial charge in [-0.25, -0.2) is 0 Å². The van der Waals surface area contributed by atoms with Gasteiger partial charge in [-0.15, -0.1) is 0 Å². The van der Waals surface area contributed by atoms with Crippen LogP contribution in [0, 0.1) is 11.8 Å². The van der Waals surface area contributed by atoms with Crippen LogP contribution in [-0.2, 0) is 20.9 Å². The zero-order valence-electron chi connectivity index (χ0n) is 18.8. The van der Waals surface area contributed by atoms with Crippen LogP contribution in [0.4, 0.5) is 0 Å². The normalized spacial score (nSPS) is 31.1. The number of hydrogen-bond donors (Lipinski definition) is 1. The van der Waals surface area contributed by atoms with Crippen LogP contribution in [-0.4, -0.2) is 72.0 Å². The van der Waals surface area contributed by atoms with Gasteiger partial charge in [0.05, 0.1) is 13.2 Å². The Morgan fingerprint density at radius 2 is 1.82 bits per heavy atom. The summed E-state index contributed by atoms with van der Waals surface area (Å²) in [6, 6.07) is 5.55. The van der Waals surface area contributed by atoms with Crippen molar-refractivity contribution < 1.29 is 23.9 Å². The molecule has 3 amide bonds. The molecule has 4 fully saturated rings. The highest BCUT2D eigenvalue weighted by atomic mass is 16.5. The topological polar surface area (TPSA) is 88.2 Å². The van der Waals surface area contributed by atoms with Crippen molar-refractivity contribution in [3.8, 4) is 5.75 Å². The third kappa shape index (κ3) is 3.83. The lowest BCUT2D eigenvalue weighted by Crippen LogP contribution is -2.61. The maximum absolute atomic E-state index is 12.9. The summed E-state index contributed by atoms with van der Waals surface area (Å²) >= 11 is 0. The minimum atomic E-state index is -0.588. The number of nitrogens with one attached hydrogen (secondary N) is 1.